The largest absolute Gasteiger partial charge is 0.465 e. The first-order valence-corrected chi connectivity index (χ1v) is 11.8. The molecule has 0 aliphatic rings. The Morgan fingerprint density at radius 1 is 0.771 bits per heavy atom. The van der Waals surface area contributed by atoms with Gasteiger partial charge in [0.2, 0.25) is 0 Å². The number of nitrogens with one attached hydrogen (secondary N) is 3. The Hall–Kier alpha value is -3.91. The maximum Gasteiger partial charge on any atom is 0.405 e. The molecular formula is C27H32N6O2. The molecule has 4 rings (SSSR count). The number of carbonyl (C=O) groups is 1. The zero-order valence-electron chi connectivity index (χ0n) is 20.4. The lowest BCUT2D eigenvalue weighted by Gasteiger charge is -2.18. The Morgan fingerprint density at radius 2 is 1.20 bits per heavy atom. The fourth-order valence-electron chi connectivity index (χ4n) is 3.98. The average molecular weight is 473 g/mol. The molecule has 4 aromatic rings. The van der Waals surface area contributed by atoms with Crippen LogP contribution in [0.1, 0.15) is 51.4 Å². The molecule has 0 fully saturated rings. The molecule has 8 heteroatoms. The zero-order valence-corrected chi connectivity index (χ0v) is 20.4. The monoisotopic (exact) mass is 472 g/mol. The number of carboxylic acid groups (broad SMARTS) is 1. The summed E-state index contributed by atoms with van der Waals surface area (Å²) in [5, 5.41) is 11.6. The molecule has 2 heterocycles. The molecule has 2 aromatic heterocycles. The number of nitrogens with zero attached hydrogens (tertiary/aromatic N) is 2. The van der Waals surface area contributed by atoms with E-state index in [1.54, 1.807) is 6.20 Å². The molecule has 0 unspecified atom stereocenters. The van der Waals surface area contributed by atoms with Gasteiger partial charge in [-0.15, -0.1) is 0 Å². The number of nitrogens with two attached hydrogens (primary N) is 1. The van der Waals surface area contributed by atoms with Gasteiger partial charge in [-0.1, -0.05) is 76.2 Å². The summed E-state index contributed by atoms with van der Waals surface area (Å²) in [5.41, 5.74) is 12.2. The van der Waals surface area contributed by atoms with E-state index >= 15 is 0 Å². The molecule has 182 valence electrons. The Kier molecular flexibility index (Phi) is 7.02. The molecule has 1 amide bonds. The van der Waals surface area contributed by atoms with E-state index in [0.717, 1.165) is 39.5 Å². The van der Waals surface area contributed by atoms with Gasteiger partial charge in [-0.3, -0.25) is 0 Å². The Morgan fingerprint density at radius 3 is 1.63 bits per heavy atom. The number of amides is 1. The van der Waals surface area contributed by atoms with Gasteiger partial charge < -0.3 is 26.1 Å². The summed E-state index contributed by atoms with van der Waals surface area (Å²) >= 11 is 0. The zero-order chi connectivity index (χ0) is 25.1. The molecule has 0 spiro atoms. The van der Waals surface area contributed by atoms with E-state index < -0.39 is 12.1 Å². The third kappa shape index (κ3) is 5.44. The Balaban J connectivity index is 1.49. The number of benzene rings is 2. The highest BCUT2D eigenvalue weighted by Crippen LogP contribution is 2.28. The molecule has 0 aliphatic carbocycles. The SMILES string of the molecule is CC(C)[C@H](N)c1ncc(-c2ccc(-c3ccc(-c4cnc([C@@H](NC(=O)O)C(C)C)[nH]4)cc3)cc2)[nH]1. The van der Waals surface area contributed by atoms with Gasteiger partial charge in [0.25, 0.3) is 0 Å². The summed E-state index contributed by atoms with van der Waals surface area (Å²) in [6.07, 6.45) is 2.50. The van der Waals surface area contributed by atoms with E-state index in [1.165, 1.54) is 0 Å². The van der Waals surface area contributed by atoms with Gasteiger partial charge in [-0.2, -0.15) is 0 Å². The van der Waals surface area contributed by atoms with Gasteiger partial charge in [0.1, 0.15) is 11.6 Å². The molecule has 0 saturated heterocycles. The lowest BCUT2D eigenvalue weighted by molar-refractivity contribution is 0.185. The van der Waals surface area contributed by atoms with E-state index in [2.05, 4.69) is 75.5 Å². The van der Waals surface area contributed by atoms with E-state index in [9.17, 15) is 4.79 Å². The predicted octanol–water partition coefficient (Wildman–Crippen LogP) is 5.75. The smallest absolute Gasteiger partial charge is 0.405 e. The fourth-order valence-corrected chi connectivity index (χ4v) is 3.98. The number of imidazole rings is 2. The normalized spacial score (nSPS) is 13.2. The van der Waals surface area contributed by atoms with Crippen LogP contribution in [0.4, 0.5) is 4.79 Å². The van der Waals surface area contributed by atoms with Crippen LogP contribution in [0, 0.1) is 11.8 Å². The number of hydrogen-bond acceptors (Lipinski definition) is 4. The van der Waals surface area contributed by atoms with Crippen molar-refractivity contribution in [2.24, 2.45) is 17.6 Å². The van der Waals surface area contributed by atoms with E-state index in [0.29, 0.717) is 11.7 Å². The van der Waals surface area contributed by atoms with Crippen molar-refractivity contribution in [2.45, 2.75) is 39.8 Å². The number of hydrogen-bond donors (Lipinski definition) is 5. The minimum Gasteiger partial charge on any atom is -0.465 e. The lowest BCUT2D eigenvalue weighted by atomic mass is 10.0. The highest BCUT2D eigenvalue weighted by atomic mass is 16.4. The first-order chi connectivity index (χ1) is 16.7. The van der Waals surface area contributed by atoms with Crippen LogP contribution in [-0.2, 0) is 0 Å². The van der Waals surface area contributed by atoms with E-state index in [-0.39, 0.29) is 12.0 Å². The third-order valence-corrected chi connectivity index (χ3v) is 6.19. The van der Waals surface area contributed by atoms with Crippen molar-refractivity contribution in [1.82, 2.24) is 25.3 Å². The van der Waals surface area contributed by atoms with Crippen molar-refractivity contribution < 1.29 is 9.90 Å². The highest BCUT2D eigenvalue weighted by Gasteiger charge is 2.21. The molecule has 2 atom stereocenters. The first-order valence-electron chi connectivity index (χ1n) is 11.8. The summed E-state index contributed by atoms with van der Waals surface area (Å²) < 4.78 is 0. The second kappa shape index (κ2) is 10.1. The van der Waals surface area contributed by atoms with Crippen molar-refractivity contribution in [3.8, 4) is 33.6 Å². The number of rotatable bonds is 8. The maximum atomic E-state index is 11.1. The second-order valence-corrected chi connectivity index (χ2v) is 9.46. The molecule has 0 radical (unpaired) electrons. The predicted molar refractivity (Wildman–Crippen MR) is 138 cm³/mol. The van der Waals surface area contributed by atoms with Crippen molar-refractivity contribution >= 4 is 6.09 Å². The minimum absolute atomic E-state index is 0.0655. The minimum atomic E-state index is -1.07. The van der Waals surface area contributed by atoms with E-state index in [4.69, 9.17) is 10.8 Å². The third-order valence-electron chi connectivity index (χ3n) is 6.19. The quantitative estimate of drug-likeness (QED) is 0.222. The summed E-state index contributed by atoms with van der Waals surface area (Å²) in [5.74, 6) is 1.78. The van der Waals surface area contributed by atoms with Crippen molar-refractivity contribution in [3.05, 3.63) is 72.6 Å². The standard InChI is InChI=1S/C27H32N6O2/c1-15(2)23(28)25-29-13-21(31-25)19-9-5-17(6-10-19)18-7-11-20(12-8-18)22-14-30-26(32-22)24(16(3)4)33-27(34)35/h5-16,23-24,33H,28H2,1-4H3,(H,29,31)(H,30,32)(H,34,35)/t23-,24-/m0/s1. The van der Waals surface area contributed by atoms with Gasteiger partial charge in [0.05, 0.1) is 35.9 Å². The number of aromatic amines is 2. The molecule has 35 heavy (non-hydrogen) atoms. The van der Waals surface area contributed by atoms with Crippen LogP contribution in [0.15, 0.2) is 60.9 Å². The van der Waals surface area contributed by atoms with E-state index in [1.807, 2.05) is 32.2 Å². The molecular weight excluding hydrogens is 440 g/mol. The van der Waals surface area contributed by atoms with Crippen molar-refractivity contribution in [2.75, 3.05) is 0 Å². The topological polar surface area (TPSA) is 133 Å². The van der Waals surface area contributed by atoms with Gasteiger partial charge in [-0.25, -0.2) is 14.8 Å². The van der Waals surface area contributed by atoms with Crippen molar-refractivity contribution in [3.63, 3.8) is 0 Å². The summed E-state index contributed by atoms with van der Waals surface area (Å²) in [4.78, 5) is 26.6. The highest BCUT2D eigenvalue weighted by molar-refractivity contribution is 5.71. The Labute approximate surface area is 205 Å². The fraction of sp³-hybridized carbons (Fsp3) is 0.296. The summed E-state index contributed by atoms with van der Waals surface area (Å²) in [6.45, 7) is 8.07. The van der Waals surface area contributed by atoms with Crippen LogP contribution in [0.2, 0.25) is 0 Å². The van der Waals surface area contributed by atoms with Crippen LogP contribution in [0.5, 0.6) is 0 Å². The van der Waals surface area contributed by atoms with Gasteiger partial charge in [-0.05, 0) is 34.1 Å². The van der Waals surface area contributed by atoms with Crippen LogP contribution in [-0.4, -0.2) is 31.1 Å². The van der Waals surface area contributed by atoms with Crippen LogP contribution < -0.4 is 11.1 Å². The molecule has 2 aromatic carbocycles. The van der Waals surface area contributed by atoms with Gasteiger partial charge >= 0.3 is 6.09 Å². The molecule has 0 aliphatic heterocycles. The average Bonchev–Trinajstić information content (AvgIpc) is 3.52. The van der Waals surface area contributed by atoms with Crippen LogP contribution in [0.3, 0.4) is 0 Å². The van der Waals surface area contributed by atoms with Gasteiger partial charge in [0, 0.05) is 0 Å². The second-order valence-electron chi connectivity index (χ2n) is 9.46. The number of aromatic nitrogens is 4. The summed E-state index contributed by atoms with van der Waals surface area (Å²) in [7, 11) is 0. The molecule has 6 N–H and O–H groups in total. The molecule has 8 nitrogen and oxygen atoms in total. The molecule has 0 saturated carbocycles. The molecule has 0 bridgehead atoms. The maximum absolute atomic E-state index is 11.1. The van der Waals surface area contributed by atoms with Crippen LogP contribution in [0.25, 0.3) is 33.6 Å². The first kappa shape index (κ1) is 24.2. The Bertz CT molecular complexity index is 1270. The lowest BCUT2D eigenvalue weighted by Crippen LogP contribution is -2.31. The number of H-pyrrole nitrogens is 2. The van der Waals surface area contributed by atoms with Crippen LogP contribution >= 0.6 is 0 Å². The van der Waals surface area contributed by atoms with Crippen molar-refractivity contribution in [1.29, 1.82) is 0 Å². The summed E-state index contributed by atoms with van der Waals surface area (Å²) in [6, 6.07) is 16.0. The van der Waals surface area contributed by atoms with Gasteiger partial charge in [0.15, 0.2) is 0 Å².